The minimum atomic E-state index is -0.214. The van der Waals surface area contributed by atoms with Crippen molar-refractivity contribution in [3.63, 3.8) is 0 Å². The minimum Gasteiger partial charge on any atom is -0.332 e. The number of likely N-dealkylation sites (N-methyl/N-ethyl adjacent to an activating group) is 1. The molecule has 0 atom stereocenters. The molecule has 104 valence electrons. The van der Waals surface area contributed by atoms with Crippen LogP contribution in [-0.2, 0) is 16.8 Å². The lowest BCUT2D eigenvalue weighted by atomic mass is 9.82. The molecule has 1 aromatic rings. The van der Waals surface area contributed by atoms with Crippen LogP contribution in [0, 0.1) is 6.92 Å². The molecule has 0 saturated heterocycles. The minimum absolute atomic E-state index is 0.209. The van der Waals surface area contributed by atoms with Crippen molar-refractivity contribution >= 4 is 5.91 Å². The van der Waals surface area contributed by atoms with Crippen LogP contribution in [0.2, 0.25) is 0 Å². The fourth-order valence-corrected chi connectivity index (χ4v) is 2.98. The number of nitrogens with zero attached hydrogens (tertiary/aromatic N) is 2. The van der Waals surface area contributed by atoms with Gasteiger partial charge in [-0.1, -0.05) is 23.8 Å². The van der Waals surface area contributed by atoms with E-state index in [-0.39, 0.29) is 11.4 Å². The largest absolute Gasteiger partial charge is 0.332 e. The van der Waals surface area contributed by atoms with Gasteiger partial charge in [0.2, 0.25) is 5.91 Å². The summed E-state index contributed by atoms with van der Waals surface area (Å²) in [4.78, 5) is 16.3. The number of fused-ring (bicyclic) bond motifs is 1. The molecule has 1 aliphatic rings. The third kappa shape index (κ3) is 2.66. The third-order valence-electron chi connectivity index (χ3n) is 3.95. The van der Waals surface area contributed by atoms with E-state index in [0.717, 1.165) is 13.0 Å². The molecule has 3 nitrogen and oxygen atoms in total. The zero-order valence-corrected chi connectivity index (χ0v) is 12.7. The Labute approximate surface area is 116 Å². The second-order valence-electron chi connectivity index (χ2n) is 6.25. The number of rotatable bonds is 2. The van der Waals surface area contributed by atoms with E-state index >= 15 is 0 Å². The van der Waals surface area contributed by atoms with Crippen molar-refractivity contribution in [3.8, 4) is 0 Å². The van der Waals surface area contributed by atoms with Gasteiger partial charge in [-0.15, -0.1) is 0 Å². The zero-order valence-electron chi connectivity index (χ0n) is 12.7. The monoisotopic (exact) mass is 260 g/mol. The molecular weight excluding hydrogens is 236 g/mol. The van der Waals surface area contributed by atoms with E-state index in [2.05, 4.69) is 39.0 Å². The summed E-state index contributed by atoms with van der Waals surface area (Å²) in [6.45, 7) is 7.71. The second kappa shape index (κ2) is 4.97. The molecule has 0 aliphatic carbocycles. The number of benzene rings is 1. The average Bonchev–Trinajstić information content (AvgIpc) is 2.26. The van der Waals surface area contributed by atoms with Crippen molar-refractivity contribution in [3.05, 3.63) is 34.9 Å². The van der Waals surface area contributed by atoms with E-state index in [1.165, 1.54) is 16.7 Å². The number of carbonyl (C=O) groups is 1. The Morgan fingerprint density at radius 1 is 1.37 bits per heavy atom. The lowest BCUT2D eigenvalue weighted by Crippen LogP contribution is -2.52. The molecule has 19 heavy (non-hydrogen) atoms. The van der Waals surface area contributed by atoms with Gasteiger partial charge in [0.1, 0.15) is 0 Å². The summed E-state index contributed by atoms with van der Waals surface area (Å²) in [6, 6.07) is 6.57. The van der Waals surface area contributed by atoms with Crippen LogP contribution in [-0.4, -0.2) is 42.9 Å². The Balaban J connectivity index is 2.32. The SMILES string of the molecule is Cc1ccc2c(c1)CCN(C(=O)CN(C)C)C2(C)C. The molecule has 2 rings (SSSR count). The highest BCUT2D eigenvalue weighted by molar-refractivity contribution is 5.79. The zero-order chi connectivity index (χ0) is 14.2. The fourth-order valence-electron chi connectivity index (χ4n) is 2.98. The van der Waals surface area contributed by atoms with Crippen molar-refractivity contribution < 1.29 is 4.79 Å². The maximum atomic E-state index is 12.4. The van der Waals surface area contributed by atoms with Gasteiger partial charge in [-0.05, 0) is 52.4 Å². The van der Waals surface area contributed by atoms with Crippen LogP contribution in [0.25, 0.3) is 0 Å². The van der Waals surface area contributed by atoms with Gasteiger partial charge in [0.05, 0.1) is 12.1 Å². The highest BCUT2D eigenvalue weighted by Crippen LogP contribution is 2.35. The van der Waals surface area contributed by atoms with Crippen molar-refractivity contribution in [2.24, 2.45) is 0 Å². The van der Waals surface area contributed by atoms with Crippen LogP contribution < -0.4 is 0 Å². The maximum absolute atomic E-state index is 12.4. The maximum Gasteiger partial charge on any atom is 0.237 e. The van der Waals surface area contributed by atoms with Crippen molar-refractivity contribution in [2.75, 3.05) is 27.2 Å². The summed E-state index contributed by atoms with van der Waals surface area (Å²) in [5.74, 6) is 0.209. The molecule has 1 heterocycles. The number of amides is 1. The van der Waals surface area contributed by atoms with E-state index in [0.29, 0.717) is 6.54 Å². The van der Waals surface area contributed by atoms with Gasteiger partial charge in [0.25, 0.3) is 0 Å². The van der Waals surface area contributed by atoms with E-state index in [9.17, 15) is 4.79 Å². The van der Waals surface area contributed by atoms with E-state index in [1.807, 2.05) is 23.9 Å². The summed E-state index contributed by atoms with van der Waals surface area (Å²) < 4.78 is 0. The number of hydrogen-bond donors (Lipinski definition) is 0. The van der Waals surface area contributed by atoms with Crippen LogP contribution in [0.15, 0.2) is 18.2 Å². The van der Waals surface area contributed by atoms with Crippen molar-refractivity contribution in [1.82, 2.24) is 9.80 Å². The summed E-state index contributed by atoms with van der Waals surface area (Å²) in [5, 5.41) is 0. The standard InChI is InChI=1S/C16H24N2O/c1-12-6-7-14-13(10-12)8-9-18(16(14,2)3)15(19)11-17(4)5/h6-7,10H,8-9,11H2,1-5H3. The fraction of sp³-hybridized carbons (Fsp3) is 0.562. The average molecular weight is 260 g/mol. The predicted molar refractivity (Wildman–Crippen MR) is 78.2 cm³/mol. The molecule has 0 spiro atoms. The molecule has 0 fully saturated rings. The summed E-state index contributed by atoms with van der Waals surface area (Å²) >= 11 is 0. The Kier molecular flexibility index (Phi) is 3.68. The lowest BCUT2D eigenvalue weighted by molar-refractivity contribution is -0.138. The van der Waals surface area contributed by atoms with Crippen molar-refractivity contribution in [1.29, 1.82) is 0 Å². The highest BCUT2D eigenvalue weighted by Gasteiger charge is 2.37. The first-order valence-corrected chi connectivity index (χ1v) is 6.87. The van der Waals surface area contributed by atoms with E-state index in [1.54, 1.807) is 0 Å². The topological polar surface area (TPSA) is 23.6 Å². The Bertz CT molecular complexity index is 492. The van der Waals surface area contributed by atoms with Crippen LogP contribution in [0.4, 0.5) is 0 Å². The van der Waals surface area contributed by atoms with Crippen LogP contribution in [0.1, 0.15) is 30.5 Å². The molecular formula is C16H24N2O. The van der Waals surface area contributed by atoms with Crippen LogP contribution >= 0.6 is 0 Å². The number of hydrogen-bond acceptors (Lipinski definition) is 2. The van der Waals surface area contributed by atoms with Gasteiger partial charge in [-0.2, -0.15) is 0 Å². The first kappa shape index (κ1) is 14.1. The molecule has 0 unspecified atom stereocenters. The molecule has 0 N–H and O–H groups in total. The summed E-state index contributed by atoms with van der Waals surface area (Å²) in [5.41, 5.74) is 3.76. The third-order valence-corrected chi connectivity index (χ3v) is 3.95. The molecule has 0 saturated carbocycles. The Hall–Kier alpha value is -1.35. The van der Waals surface area contributed by atoms with E-state index < -0.39 is 0 Å². The molecule has 0 radical (unpaired) electrons. The smallest absolute Gasteiger partial charge is 0.237 e. The van der Waals surface area contributed by atoms with Gasteiger partial charge < -0.3 is 9.80 Å². The molecule has 0 aromatic heterocycles. The molecule has 1 aromatic carbocycles. The second-order valence-corrected chi connectivity index (χ2v) is 6.25. The van der Waals surface area contributed by atoms with E-state index in [4.69, 9.17) is 0 Å². The quantitative estimate of drug-likeness (QED) is 0.813. The molecule has 3 heteroatoms. The lowest BCUT2D eigenvalue weighted by Gasteiger charge is -2.44. The molecule has 0 bridgehead atoms. The highest BCUT2D eigenvalue weighted by atomic mass is 16.2. The number of carbonyl (C=O) groups excluding carboxylic acids is 1. The molecule has 1 aliphatic heterocycles. The number of aryl methyl sites for hydroxylation is 1. The first-order chi connectivity index (χ1) is 8.82. The van der Waals surface area contributed by atoms with Crippen molar-refractivity contribution in [2.45, 2.75) is 32.7 Å². The predicted octanol–water partition coefficient (Wildman–Crippen LogP) is 2.18. The van der Waals surface area contributed by atoms with Gasteiger partial charge in [-0.25, -0.2) is 0 Å². The van der Waals surface area contributed by atoms with Crippen LogP contribution in [0.3, 0.4) is 0 Å². The van der Waals surface area contributed by atoms with Gasteiger partial charge in [-0.3, -0.25) is 4.79 Å². The van der Waals surface area contributed by atoms with Crippen LogP contribution in [0.5, 0.6) is 0 Å². The van der Waals surface area contributed by atoms with Gasteiger partial charge in [0.15, 0.2) is 0 Å². The normalized spacial score (nSPS) is 17.5. The molecule has 1 amide bonds. The summed E-state index contributed by atoms with van der Waals surface area (Å²) in [6.07, 6.45) is 0.958. The van der Waals surface area contributed by atoms with Gasteiger partial charge in [0, 0.05) is 6.54 Å². The Morgan fingerprint density at radius 2 is 2.05 bits per heavy atom. The summed E-state index contributed by atoms with van der Waals surface area (Å²) in [7, 11) is 3.87. The first-order valence-electron chi connectivity index (χ1n) is 6.87. The Morgan fingerprint density at radius 3 is 2.68 bits per heavy atom. The van der Waals surface area contributed by atoms with Gasteiger partial charge >= 0.3 is 0 Å².